The highest BCUT2D eigenvalue weighted by atomic mass is 16.5. The topological polar surface area (TPSA) is 30.5 Å². The van der Waals surface area contributed by atoms with Crippen molar-refractivity contribution >= 4 is 0 Å². The van der Waals surface area contributed by atoms with Gasteiger partial charge in [0.15, 0.2) is 0 Å². The van der Waals surface area contributed by atoms with Gasteiger partial charge in [-0.25, -0.2) is 0 Å². The third-order valence-electron chi connectivity index (χ3n) is 3.15. The summed E-state index contributed by atoms with van der Waals surface area (Å²) < 4.78 is 10.3. The van der Waals surface area contributed by atoms with Crippen LogP contribution in [0, 0.1) is 0 Å². The lowest BCUT2D eigenvalue weighted by molar-refractivity contribution is 0.0685. The summed E-state index contributed by atoms with van der Waals surface area (Å²) >= 11 is 0. The molecule has 0 rings (SSSR count). The van der Waals surface area contributed by atoms with Crippen LogP contribution in [0.25, 0.3) is 0 Å². The van der Waals surface area contributed by atoms with Crippen molar-refractivity contribution in [2.24, 2.45) is 0 Å². The zero-order valence-corrected chi connectivity index (χ0v) is 12.5. The van der Waals surface area contributed by atoms with E-state index in [1.165, 1.54) is 64.3 Å². The van der Waals surface area contributed by atoms with Crippen LogP contribution in [0.1, 0.15) is 57.8 Å². The third-order valence-corrected chi connectivity index (χ3v) is 3.15. The van der Waals surface area contributed by atoms with Gasteiger partial charge in [0.1, 0.15) is 0 Å². The quantitative estimate of drug-likeness (QED) is 0.457. The van der Waals surface area contributed by atoms with Crippen LogP contribution < -0.4 is 5.32 Å². The number of hydrogen-bond donors (Lipinski definition) is 1. The molecule has 0 atom stereocenters. The Morgan fingerprint density at radius 1 is 0.667 bits per heavy atom. The molecule has 0 saturated heterocycles. The fourth-order valence-corrected chi connectivity index (χ4v) is 1.99. The van der Waals surface area contributed by atoms with Gasteiger partial charge in [-0.2, -0.15) is 0 Å². The van der Waals surface area contributed by atoms with Crippen molar-refractivity contribution in [3.63, 3.8) is 0 Å². The Morgan fingerprint density at radius 2 is 1.22 bits per heavy atom. The third kappa shape index (κ3) is 15.9. The summed E-state index contributed by atoms with van der Waals surface area (Å²) in [6.45, 7) is 3.52. The highest BCUT2D eigenvalue weighted by Gasteiger charge is 1.93. The molecular formula is C15H33NO2. The summed E-state index contributed by atoms with van der Waals surface area (Å²) in [5, 5.41) is 3.19. The first-order chi connectivity index (χ1) is 8.91. The highest BCUT2D eigenvalue weighted by molar-refractivity contribution is 4.48. The normalized spacial score (nSPS) is 11.0. The van der Waals surface area contributed by atoms with E-state index >= 15 is 0 Å². The van der Waals surface area contributed by atoms with Crippen LogP contribution in [0.5, 0.6) is 0 Å². The molecule has 0 aromatic carbocycles. The molecule has 0 aliphatic rings. The Balaban J connectivity index is 2.86. The number of nitrogens with one attached hydrogen (secondary N) is 1. The molecule has 0 radical (unpaired) electrons. The maximum absolute atomic E-state index is 5.43. The van der Waals surface area contributed by atoms with E-state index in [9.17, 15) is 0 Å². The van der Waals surface area contributed by atoms with Crippen molar-refractivity contribution < 1.29 is 9.47 Å². The summed E-state index contributed by atoms with van der Waals surface area (Å²) in [6.07, 6.45) is 12.2. The van der Waals surface area contributed by atoms with Crippen LogP contribution >= 0.6 is 0 Å². The van der Waals surface area contributed by atoms with Gasteiger partial charge in [0.25, 0.3) is 0 Å². The van der Waals surface area contributed by atoms with Gasteiger partial charge in [0.05, 0.1) is 13.2 Å². The smallest absolute Gasteiger partial charge is 0.0700 e. The monoisotopic (exact) mass is 259 g/mol. The molecule has 1 N–H and O–H groups in total. The number of ether oxygens (including phenoxy) is 2. The minimum Gasteiger partial charge on any atom is -0.382 e. The van der Waals surface area contributed by atoms with E-state index in [0.29, 0.717) is 6.61 Å². The molecule has 0 saturated carbocycles. The summed E-state index contributed by atoms with van der Waals surface area (Å²) in [5.41, 5.74) is 0. The predicted octanol–water partition coefficient (Wildman–Crippen LogP) is 3.38. The second-order valence-electron chi connectivity index (χ2n) is 4.89. The fourth-order valence-electron chi connectivity index (χ4n) is 1.99. The Labute approximate surface area is 114 Å². The van der Waals surface area contributed by atoms with E-state index in [2.05, 4.69) is 5.32 Å². The summed E-state index contributed by atoms with van der Waals surface area (Å²) in [4.78, 5) is 0. The minimum atomic E-state index is 0.716. The zero-order chi connectivity index (χ0) is 13.3. The van der Waals surface area contributed by atoms with Crippen LogP contribution in [0.3, 0.4) is 0 Å². The first-order valence-corrected chi connectivity index (χ1v) is 7.63. The van der Waals surface area contributed by atoms with E-state index in [0.717, 1.165) is 13.2 Å². The largest absolute Gasteiger partial charge is 0.382 e. The molecule has 0 aromatic rings. The molecule has 3 nitrogen and oxygen atoms in total. The Hall–Kier alpha value is -0.120. The molecule has 0 heterocycles. The Morgan fingerprint density at radius 3 is 1.78 bits per heavy atom. The van der Waals surface area contributed by atoms with Crippen molar-refractivity contribution in [1.29, 1.82) is 0 Å². The number of rotatable bonds is 15. The summed E-state index contributed by atoms with van der Waals surface area (Å²) in [7, 11) is 3.74. The van der Waals surface area contributed by atoms with Gasteiger partial charge in [-0.3, -0.25) is 0 Å². The van der Waals surface area contributed by atoms with Gasteiger partial charge in [-0.05, 0) is 26.4 Å². The minimum absolute atomic E-state index is 0.716. The molecule has 0 amide bonds. The fraction of sp³-hybridized carbons (Fsp3) is 1.00. The molecule has 0 spiro atoms. The maximum atomic E-state index is 5.43. The van der Waals surface area contributed by atoms with Gasteiger partial charge < -0.3 is 14.8 Å². The molecule has 18 heavy (non-hydrogen) atoms. The van der Waals surface area contributed by atoms with Crippen LogP contribution in [0.2, 0.25) is 0 Å². The van der Waals surface area contributed by atoms with Gasteiger partial charge in [-0.1, -0.05) is 44.9 Å². The summed E-state index contributed by atoms with van der Waals surface area (Å²) in [5.74, 6) is 0. The van der Waals surface area contributed by atoms with E-state index in [4.69, 9.17) is 9.47 Å². The van der Waals surface area contributed by atoms with Crippen LogP contribution in [-0.2, 0) is 9.47 Å². The number of hydrogen-bond acceptors (Lipinski definition) is 3. The standard InChI is InChI=1S/C15H33NO2/c1-16-12-10-8-6-4-3-5-7-9-11-13-18-15-14-17-2/h16H,3-15H2,1-2H3. The van der Waals surface area contributed by atoms with Gasteiger partial charge in [0, 0.05) is 13.7 Å². The lowest BCUT2D eigenvalue weighted by Gasteiger charge is -2.04. The first-order valence-electron chi connectivity index (χ1n) is 7.63. The van der Waals surface area contributed by atoms with E-state index in [-0.39, 0.29) is 0 Å². The van der Waals surface area contributed by atoms with Crippen LogP contribution in [-0.4, -0.2) is 40.5 Å². The Kier molecular flexibility index (Phi) is 16.8. The second-order valence-corrected chi connectivity index (χ2v) is 4.89. The first kappa shape index (κ1) is 17.9. The van der Waals surface area contributed by atoms with Crippen molar-refractivity contribution in [2.45, 2.75) is 57.8 Å². The molecule has 0 aromatic heterocycles. The molecular weight excluding hydrogens is 226 g/mol. The van der Waals surface area contributed by atoms with Crippen LogP contribution in [0.15, 0.2) is 0 Å². The SMILES string of the molecule is CNCCCCCCCCCCCOCCOC. The second kappa shape index (κ2) is 16.9. The van der Waals surface area contributed by atoms with E-state index in [1.807, 2.05) is 7.05 Å². The molecule has 0 fully saturated rings. The van der Waals surface area contributed by atoms with Crippen molar-refractivity contribution in [3.05, 3.63) is 0 Å². The average Bonchev–Trinajstić information content (AvgIpc) is 2.39. The molecule has 0 unspecified atom stereocenters. The molecule has 0 aliphatic carbocycles. The van der Waals surface area contributed by atoms with Crippen molar-refractivity contribution in [2.75, 3.05) is 40.5 Å². The maximum Gasteiger partial charge on any atom is 0.0700 e. The van der Waals surface area contributed by atoms with Gasteiger partial charge >= 0.3 is 0 Å². The lowest BCUT2D eigenvalue weighted by Crippen LogP contribution is -2.06. The van der Waals surface area contributed by atoms with Gasteiger partial charge in [-0.15, -0.1) is 0 Å². The zero-order valence-electron chi connectivity index (χ0n) is 12.5. The van der Waals surface area contributed by atoms with Crippen molar-refractivity contribution in [3.8, 4) is 0 Å². The predicted molar refractivity (Wildman–Crippen MR) is 78.2 cm³/mol. The average molecular weight is 259 g/mol. The molecule has 0 aliphatic heterocycles. The molecule has 3 heteroatoms. The molecule has 0 bridgehead atoms. The van der Waals surface area contributed by atoms with Crippen molar-refractivity contribution in [1.82, 2.24) is 5.32 Å². The Bertz CT molecular complexity index is 126. The molecule has 110 valence electrons. The number of unbranched alkanes of at least 4 members (excludes halogenated alkanes) is 8. The van der Waals surface area contributed by atoms with Gasteiger partial charge in [0.2, 0.25) is 0 Å². The van der Waals surface area contributed by atoms with E-state index < -0.39 is 0 Å². The lowest BCUT2D eigenvalue weighted by atomic mass is 10.1. The summed E-state index contributed by atoms with van der Waals surface area (Å²) in [6, 6.07) is 0. The van der Waals surface area contributed by atoms with E-state index in [1.54, 1.807) is 7.11 Å². The van der Waals surface area contributed by atoms with Crippen LogP contribution in [0.4, 0.5) is 0 Å². The number of methoxy groups -OCH3 is 1. The highest BCUT2D eigenvalue weighted by Crippen LogP contribution is 2.09.